The molecule has 1 aliphatic rings. The highest BCUT2D eigenvalue weighted by Gasteiger charge is 2.39. The van der Waals surface area contributed by atoms with Crippen molar-refractivity contribution in [3.63, 3.8) is 0 Å². The molecule has 0 atom stereocenters. The van der Waals surface area contributed by atoms with Crippen LogP contribution in [0.3, 0.4) is 0 Å². The van der Waals surface area contributed by atoms with Crippen LogP contribution in [0.15, 0.2) is 77.5 Å². The Kier molecular flexibility index (Phi) is 6.03. The highest BCUT2D eigenvalue weighted by Crippen LogP contribution is 2.32. The average molecular weight is 461 g/mol. The maximum atomic E-state index is 13.0. The fraction of sp³-hybridized carbons (Fsp3) is 0.115. The number of hydrogen-bond acceptors (Lipinski definition) is 5. The van der Waals surface area contributed by atoms with Crippen LogP contribution in [-0.2, 0) is 9.59 Å². The van der Waals surface area contributed by atoms with Gasteiger partial charge in [-0.3, -0.25) is 9.59 Å². The Bertz CT molecular complexity index is 1310. The Labute approximate surface area is 196 Å². The Balaban J connectivity index is 1.51. The van der Waals surface area contributed by atoms with Crippen LogP contribution in [0, 0.1) is 20.8 Å². The van der Waals surface area contributed by atoms with E-state index in [-0.39, 0.29) is 10.7 Å². The lowest BCUT2D eigenvalue weighted by atomic mass is 10.1. The van der Waals surface area contributed by atoms with Gasteiger partial charge in [-0.25, -0.2) is 9.69 Å². The monoisotopic (exact) mass is 460 g/mol. The second-order valence-electron chi connectivity index (χ2n) is 7.78. The molecule has 2 amide bonds. The molecule has 33 heavy (non-hydrogen) atoms. The molecule has 0 radical (unpaired) electrons. The summed E-state index contributed by atoms with van der Waals surface area (Å²) < 4.78 is 5.44. The van der Waals surface area contributed by atoms with Crippen LogP contribution in [0.4, 0.5) is 11.4 Å². The summed E-state index contributed by atoms with van der Waals surface area (Å²) in [4.78, 5) is 39.3. The molecular weight excluding hydrogens is 440 g/mol. The van der Waals surface area contributed by atoms with Crippen molar-refractivity contribution >= 4 is 40.8 Å². The summed E-state index contributed by atoms with van der Waals surface area (Å²) in [6.45, 7) is 5.56. The van der Waals surface area contributed by atoms with Crippen LogP contribution in [0.5, 0.6) is 5.75 Å². The van der Waals surface area contributed by atoms with Gasteiger partial charge < -0.3 is 10.1 Å². The molecule has 6 nitrogen and oxygen atoms in total. The third kappa shape index (κ3) is 4.38. The fourth-order valence-electron chi connectivity index (χ4n) is 3.45. The van der Waals surface area contributed by atoms with Gasteiger partial charge >= 0.3 is 5.97 Å². The van der Waals surface area contributed by atoms with Gasteiger partial charge in [0.15, 0.2) is 0 Å². The first-order chi connectivity index (χ1) is 15.8. The van der Waals surface area contributed by atoms with E-state index >= 15 is 0 Å². The molecule has 3 aromatic carbocycles. The van der Waals surface area contributed by atoms with Crippen molar-refractivity contribution in [1.29, 1.82) is 0 Å². The van der Waals surface area contributed by atoms with Gasteiger partial charge in [0.05, 0.1) is 11.3 Å². The second-order valence-corrected chi connectivity index (χ2v) is 8.16. The predicted octanol–water partition coefficient (Wildman–Crippen LogP) is 5.27. The highest BCUT2D eigenvalue weighted by atomic mass is 35.5. The van der Waals surface area contributed by atoms with Crippen LogP contribution in [0.2, 0.25) is 0 Å². The van der Waals surface area contributed by atoms with E-state index in [1.54, 1.807) is 42.5 Å². The Hall–Kier alpha value is -3.90. The first-order valence-corrected chi connectivity index (χ1v) is 10.6. The number of nitrogens with zero attached hydrogens (tertiary/aromatic N) is 1. The van der Waals surface area contributed by atoms with Gasteiger partial charge in [0.25, 0.3) is 11.8 Å². The summed E-state index contributed by atoms with van der Waals surface area (Å²) in [6, 6.07) is 19.1. The molecule has 0 saturated carbocycles. The largest absolute Gasteiger partial charge is 0.423 e. The summed E-state index contributed by atoms with van der Waals surface area (Å²) in [5.74, 6) is -1.14. The fourth-order valence-corrected chi connectivity index (χ4v) is 3.67. The molecule has 1 aliphatic heterocycles. The van der Waals surface area contributed by atoms with Gasteiger partial charge in [0.1, 0.15) is 16.5 Å². The minimum Gasteiger partial charge on any atom is -0.423 e. The molecule has 0 spiro atoms. The molecule has 0 saturated heterocycles. The number of benzene rings is 3. The van der Waals surface area contributed by atoms with Gasteiger partial charge in [0, 0.05) is 5.69 Å². The summed E-state index contributed by atoms with van der Waals surface area (Å²) in [5.41, 5.74) is 3.87. The number of nitrogens with one attached hydrogen (secondary N) is 1. The average Bonchev–Trinajstić information content (AvgIpc) is 3.00. The number of anilines is 2. The van der Waals surface area contributed by atoms with Crippen LogP contribution >= 0.6 is 11.6 Å². The molecular formula is C26H21ClN2O4. The van der Waals surface area contributed by atoms with E-state index in [0.29, 0.717) is 22.7 Å². The molecule has 0 bridgehead atoms. The Morgan fingerprint density at radius 1 is 0.879 bits per heavy atom. The SMILES string of the molecule is Cc1ccc(C)c(N2C(=O)C(Cl)=C(Nc3ccc(C(=O)Oc4ccccc4C)cc3)C2=O)c1. The number of ether oxygens (including phenoxy) is 1. The third-order valence-electron chi connectivity index (χ3n) is 5.32. The summed E-state index contributed by atoms with van der Waals surface area (Å²) >= 11 is 6.23. The Morgan fingerprint density at radius 3 is 2.27 bits per heavy atom. The van der Waals surface area contributed by atoms with Crippen LogP contribution < -0.4 is 15.0 Å². The summed E-state index contributed by atoms with van der Waals surface area (Å²) in [6.07, 6.45) is 0. The second kappa shape index (κ2) is 8.92. The van der Waals surface area contributed by atoms with Gasteiger partial charge in [-0.2, -0.15) is 0 Å². The van der Waals surface area contributed by atoms with E-state index in [1.165, 1.54) is 0 Å². The molecule has 0 aliphatic carbocycles. The van der Waals surface area contributed by atoms with Gasteiger partial charge in [-0.05, 0) is 73.9 Å². The normalized spacial score (nSPS) is 13.5. The molecule has 7 heteroatoms. The number of para-hydroxylation sites is 1. The van der Waals surface area contributed by atoms with Gasteiger partial charge in [-0.1, -0.05) is 41.9 Å². The van der Waals surface area contributed by atoms with E-state index in [2.05, 4.69) is 5.32 Å². The molecule has 4 rings (SSSR count). The van der Waals surface area contributed by atoms with E-state index in [0.717, 1.165) is 21.6 Å². The van der Waals surface area contributed by atoms with E-state index in [4.69, 9.17) is 16.3 Å². The maximum Gasteiger partial charge on any atom is 0.343 e. The molecule has 166 valence electrons. The van der Waals surface area contributed by atoms with Crippen molar-refractivity contribution in [3.8, 4) is 5.75 Å². The number of imide groups is 1. The van der Waals surface area contributed by atoms with Crippen molar-refractivity contribution < 1.29 is 19.1 Å². The molecule has 1 heterocycles. The minimum atomic E-state index is -0.587. The van der Waals surface area contributed by atoms with Gasteiger partial charge in [-0.15, -0.1) is 0 Å². The maximum absolute atomic E-state index is 13.0. The van der Waals surface area contributed by atoms with Crippen molar-refractivity contribution in [2.45, 2.75) is 20.8 Å². The number of carbonyl (C=O) groups excluding carboxylic acids is 3. The number of esters is 1. The summed E-state index contributed by atoms with van der Waals surface area (Å²) in [7, 11) is 0. The Morgan fingerprint density at radius 2 is 1.58 bits per heavy atom. The predicted molar refractivity (Wildman–Crippen MR) is 127 cm³/mol. The molecule has 3 aromatic rings. The summed E-state index contributed by atoms with van der Waals surface area (Å²) in [5, 5.41) is 2.72. The smallest absolute Gasteiger partial charge is 0.343 e. The van der Waals surface area contributed by atoms with E-state index in [9.17, 15) is 14.4 Å². The molecule has 0 fully saturated rings. The van der Waals surface area contributed by atoms with E-state index < -0.39 is 17.8 Å². The first kappa shape index (κ1) is 22.3. The molecule has 1 N–H and O–H groups in total. The number of carbonyl (C=O) groups is 3. The zero-order valence-electron chi connectivity index (χ0n) is 18.3. The van der Waals surface area contributed by atoms with Crippen molar-refractivity contribution in [2.24, 2.45) is 0 Å². The zero-order valence-corrected chi connectivity index (χ0v) is 19.1. The number of halogens is 1. The topological polar surface area (TPSA) is 75.7 Å². The number of amides is 2. The molecule has 0 aromatic heterocycles. The molecule has 0 unspecified atom stereocenters. The number of rotatable bonds is 5. The standard InChI is InChI=1S/C26H21ClN2O4/c1-15-8-9-16(2)20(14-15)29-24(30)22(27)23(25(29)31)28-19-12-10-18(11-13-19)26(32)33-21-7-5-4-6-17(21)3/h4-14,28H,1-3H3. The van der Waals surface area contributed by atoms with E-state index in [1.807, 2.05) is 45.0 Å². The van der Waals surface area contributed by atoms with Crippen molar-refractivity contribution in [1.82, 2.24) is 0 Å². The number of aryl methyl sites for hydroxylation is 3. The zero-order chi connectivity index (χ0) is 23.7. The lowest BCUT2D eigenvalue weighted by molar-refractivity contribution is -0.120. The minimum absolute atomic E-state index is 0.0159. The van der Waals surface area contributed by atoms with Crippen LogP contribution in [-0.4, -0.2) is 17.8 Å². The van der Waals surface area contributed by atoms with Crippen LogP contribution in [0.1, 0.15) is 27.0 Å². The quantitative estimate of drug-likeness (QED) is 0.319. The van der Waals surface area contributed by atoms with Crippen molar-refractivity contribution in [2.75, 3.05) is 10.2 Å². The number of hydrogen-bond donors (Lipinski definition) is 1. The van der Waals surface area contributed by atoms with Gasteiger partial charge in [0.2, 0.25) is 0 Å². The lowest BCUT2D eigenvalue weighted by Crippen LogP contribution is -2.32. The van der Waals surface area contributed by atoms with Crippen molar-refractivity contribution in [3.05, 3.63) is 99.7 Å². The third-order valence-corrected chi connectivity index (χ3v) is 5.67. The highest BCUT2D eigenvalue weighted by molar-refractivity contribution is 6.53. The first-order valence-electron chi connectivity index (χ1n) is 10.3. The lowest BCUT2D eigenvalue weighted by Gasteiger charge is -2.18. The van der Waals surface area contributed by atoms with Crippen LogP contribution in [0.25, 0.3) is 0 Å².